The van der Waals surface area contributed by atoms with Crippen molar-refractivity contribution < 1.29 is 9.53 Å². The van der Waals surface area contributed by atoms with Crippen LogP contribution in [0.25, 0.3) is 0 Å². The monoisotopic (exact) mass is 422 g/mol. The normalized spacial score (nSPS) is 11.0. The molecule has 0 aliphatic heterocycles. The third-order valence-corrected chi connectivity index (χ3v) is 5.77. The topological polar surface area (TPSA) is 61.2 Å². The van der Waals surface area contributed by atoms with Crippen molar-refractivity contribution in [1.29, 1.82) is 0 Å². The van der Waals surface area contributed by atoms with Gasteiger partial charge < -0.3 is 4.74 Å². The molecule has 29 heavy (non-hydrogen) atoms. The van der Waals surface area contributed by atoms with E-state index < -0.39 is 0 Å². The molecule has 0 saturated carbocycles. The van der Waals surface area contributed by atoms with Gasteiger partial charge in [0.1, 0.15) is 0 Å². The molecule has 0 N–H and O–H groups in total. The number of aromatic nitrogens is 2. The number of carbonyl (C=O) groups excluding carboxylic acids is 1. The Morgan fingerprint density at radius 2 is 1.62 bits per heavy atom. The van der Waals surface area contributed by atoms with Gasteiger partial charge in [-0.15, -0.1) is 0 Å². The molecule has 0 amide bonds. The van der Waals surface area contributed by atoms with Crippen LogP contribution in [0.1, 0.15) is 91.0 Å². The fourth-order valence-electron chi connectivity index (χ4n) is 3.05. The van der Waals surface area contributed by atoms with Crippen molar-refractivity contribution in [2.24, 2.45) is 0 Å². The summed E-state index contributed by atoms with van der Waals surface area (Å²) < 4.78 is 6.86. The first kappa shape index (κ1) is 25.5. The zero-order chi connectivity index (χ0) is 21.5. The first-order valence-electron chi connectivity index (χ1n) is 11.0. The van der Waals surface area contributed by atoms with E-state index in [1.54, 1.807) is 29.4 Å². The Morgan fingerprint density at radius 1 is 1.07 bits per heavy atom. The van der Waals surface area contributed by atoms with E-state index in [-0.39, 0.29) is 17.6 Å². The molecule has 0 aromatic carbocycles. The number of hydrogen-bond acceptors (Lipinski definition) is 5. The van der Waals surface area contributed by atoms with E-state index in [1.807, 2.05) is 13.8 Å². The zero-order valence-electron chi connectivity index (χ0n) is 18.5. The number of hydrogen-bond donors (Lipinski definition) is 0. The number of esters is 1. The van der Waals surface area contributed by atoms with Gasteiger partial charge in [-0.3, -0.25) is 9.36 Å². The van der Waals surface area contributed by atoms with Crippen LogP contribution in [0.3, 0.4) is 0 Å². The molecule has 1 aromatic heterocycles. The molecule has 0 unspecified atom stereocenters. The molecule has 1 aromatic rings. The van der Waals surface area contributed by atoms with Crippen molar-refractivity contribution in [3.8, 4) is 0 Å². The standard InChI is InChI=1S/C23H38N2O3S/c1-19(2)22(27)28-17-13-11-9-7-5-6-8-10-12-14-18-29-23-24-16-15-21(26)25(23)20(3)4/h15-16,20H,1,5-14,17-18H2,2-4H3. The Kier molecular flexibility index (Phi) is 13.4. The third-order valence-electron chi connectivity index (χ3n) is 4.71. The number of rotatable bonds is 16. The second-order valence-corrected chi connectivity index (χ2v) is 8.89. The molecule has 0 saturated heterocycles. The van der Waals surface area contributed by atoms with Gasteiger partial charge in [-0.05, 0) is 33.6 Å². The summed E-state index contributed by atoms with van der Waals surface area (Å²) >= 11 is 1.69. The summed E-state index contributed by atoms with van der Waals surface area (Å²) in [4.78, 5) is 27.6. The molecule has 0 aliphatic carbocycles. The molecule has 0 aliphatic rings. The second kappa shape index (κ2) is 15.3. The third kappa shape index (κ3) is 11.3. The maximum atomic E-state index is 12.0. The summed E-state index contributed by atoms with van der Waals surface area (Å²) in [5, 5.41) is 0.835. The summed E-state index contributed by atoms with van der Waals surface area (Å²) in [6, 6.07) is 1.67. The van der Waals surface area contributed by atoms with E-state index in [0.29, 0.717) is 12.2 Å². The highest BCUT2D eigenvalue weighted by atomic mass is 32.2. The smallest absolute Gasteiger partial charge is 0.333 e. The van der Waals surface area contributed by atoms with E-state index >= 15 is 0 Å². The van der Waals surface area contributed by atoms with Crippen LogP contribution in [0.2, 0.25) is 0 Å². The quantitative estimate of drug-likeness (QED) is 0.108. The number of thioether (sulfide) groups is 1. The molecule has 0 radical (unpaired) electrons. The van der Waals surface area contributed by atoms with Crippen molar-refractivity contribution in [3.05, 3.63) is 34.8 Å². The van der Waals surface area contributed by atoms with Gasteiger partial charge in [-0.25, -0.2) is 9.78 Å². The molecule has 1 heterocycles. The van der Waals surface area contributed by atoms with Crippen molar-refractivity contribution >= 4 is 17.7 Å². The first-order valence-corrected chi connectivity index (χ1v) is 11.9. The molecule has 6 heteroatoms. The average molecular weight is 423 g/mol. The summed E-state index contributed by atoms with van der Waals surface area (Å²) in [7, 11) is 0. The lowest BCUT2D eigenvalue weighted by molar-refractivity contribution is -0.139. The molecule has 164 valence electrons. The van der Waals surface area contributed by atoms with Crippen molar-refractivity contribution in [2.75, 3.05) is 12.4 Å². The SMILES string of the molecule is C=C(C)C(=O)OCCCCCCCCCCCCSc1nccc(=O)n1C(C)C. The average Bonchev–Trinajstić information content (AvgIpc) is 2.67. The molecule has 0 bridgehead atoms. The Morgan fingerprint density at radius 3 is 2.17 bits per heavy atom. The van der Waals surface area contributed by atoms with Crippen LogP contribution >= 0.6 is 11.8 Å². The molecule has 0 spiro atoms. The fourth-order valence-corrected chi connectivity index (χ4v) is 4.16. The minimum Gasteiger partial charge on any atom is -0.462 e. The minimum absolute atomic E-state index is 0.0328. The molecule has 0 atom stereocenters. The van der Waals surface area contributed by atoms with Crippen LogP contribution in [-0.2, 0) is 9.53 Å². The molecule has 1 rings (SSSR count). The van der Waals surface area contributed by atoms with Crippen LogP contribution in [0.4, 0.5) is 0 Å². The highest BCUT2D eigenvalue weighted by molar-refractivity contribution is 7.99. The molecular formula is C23H38N2O3S. The van der Waals surface area contributed by atoms with Gasteiger partial charge in [-0.2, -0.15) is 0 Å². The Labute approximate surface area is 180 Å². The van der Waals surface area contributed by atoms with Gasteiger partial charge in [0, 0.05) is 29.6 Å². The molecule has 0 fully saturated rings. The lowest BCUT2D eigenvalue weighted by atomic mass is 10.1. The zero-order valence-corrected chi connectivity index (χ0v) is 19.3. The van der Waals surface area contributed by atoms with Gasteiger partial charge in [-0.1, -0.05) is 69.7 Å². The van der Waals surface area contributed by atoms with Crippen molar-refractivity contribution in [1.82, 2.24) is 9.55 Å². The first-order chi connectivity index (χ1) is 13.9. The van der Waals surface area contributed by atoms with Crippen LogP contribution in [0.5, 0.6) is 0 Å². The Balaban J connectivity index is 1.95. The van der Waals surface area contributed by atoms with E-state index in [1.165, 1.54) is 51.0 Å². The maximum absolute atomic E-state index is 12.0. The summed E-state index contributed by atoms with van der Waals surface area (Å²) in [6.07, 6.45) is 13.7. The van der Waals surface area contributed by atoms with Crippen LogP contribution in [0, 0.1) is 0 Å². The number of ether oxygens (including phenoxy) is 1. The van der Waals surface area contributed by atoms with Crippen LogP contribution in [-0.4, -0.2) is 27.9 Å². The summed E-state index contributed by atoms with van der Waals surface area (Å²) in [5.41, 5.74) is 0.501. The predicted molar refractivity (Wildman–Crippen MR) is 122 cm³/mol. The maximum Gasteiger partial charge on any atom is 0.333 e. The predicted octanol–water partition coefficient (Wildman–Crippen LogP) is 5.94. The van der Waals surface area contributed by atoms with E-state index in [9.17, 15) is 9.59 Å². The lowest BCUT2D eigenvalue weighted by Gasteiger charge is -2.13. The highest BCUT2D eigenvalue weighted by Gasteiger charge is 2.08. The lowest BCUT2D eigenvalue weighted by Crippen LogP contribution is -2.23. The van der Waals surface area contributed by atoms with Gasteiger partial charge >= 0.3 is 5.97 Å². The molecule has 5 nitrogen and oxygen atoms in total. The van der Waals surface area contributed by atoms with Gasteiger partial charge in [0.15, 0.2) is 5.16 Å². The Bertz CT molecular complexity index is 670. The summed E-state index contributed by atoms with van der Waals surface area (Å²) in [5.74, 6) is 0.733. The highest BCUT2D eigenvalue weighted by Crippen LogP contribution is 2.19. The van der Waals surface area contributed by atoms with Crippen molar-refractivity contribution in [3.63, 3.8) is 0 Å². The minimum atomic E-state index is -0.280. The van der Waals surface area contributed by atoms with Crippen molar-refractivity contribution in [2.45, 2.75) is 96.2 Å². The molecular weight excluding hydrogens is 384 g/mol. The van der Waals surface area contributed by atoms with Crippen LogP contribution in [0.15, 0.2) is 34.4 Å². The number of unbranched alkanes of at least 4 members (excludes halogenated alkanes) is 9. The van der Waals surface area contributed by atoms with Gasteiger partial charge in [0.05, 0.1) is 6.61 Å². The number of nitrogens with zero attached hydrogens (tertiary/aromatic N) is 2. The van der Waals surface area contributed by atoms with E-state index in [0.717, 1.165) is 30.2 Å². The van der Waals surface area contributed by atoms with E-state index in [4.69, 9.17) is 4.74 Å². The second-order valence-electron chi connectivity index (χ2n) is 7.83. The largest absolute Gasteiger partial charge is 0.462 e. The van der Waals surface area contributed by atoms with Crippen LogP contribution < -0.4 is 5.56 Å². The fraction of sp³-hybridized carbons (Fsp3) is 0.696. The van der Waals surface area contributed by atoms with Gasteiger partial charge in [0.2, 0.25) is 0 Å². The Hall–Kier alpha value is -1.56. The summed E-state index contributed by atoms with van der Waals surface area (Å²) in [6.45, 7) is 9.79. The number of carbonyl (C=O) groups is 1. The van der Waals surface area contributed by atoms with E-state index in [2.05, 4.69) is 11.6 Å². The van der Waals surface area contributed by atoms with Gasteiger partial charge in [0.25, 0.3) is 5.56 Å².